The monoisotopic (exact) mass is 2150 g/mol. The number of carboxylic acid groups (broad SMARTS) is 1. The van der Waals surface area contributed by atoms with Gasteiger partial charge in [0.15, 0.2) is 11.3 Å². The van der Waals surface area contributed by atoms with Gasteiger partial charge >= 0.3 is 59.8 Å². The number of hydrogen-bond acceptors (Lipinski definition) is 21. The van der Waals surface area contributed by atoms with E-state index in [1.807, 2.05) is 77.6 Å². The van der Waals surface area contributed by atoms with Gasteiger partial charge in [0, 0.05) is 57.4 Å². The quantitative estimate of drug-likeness (QED) is 0.00760. The number of carboxylic acids is 1. The van der Waals surface area contributed by atoms with E-state index in [0.717, 1.165) is 137 Å². The first-order valence-electron chi connectivity index (χ1n) is 38.3. The van der Waals surface area contributed by atoms with Gasteiger partial charge in [-0.3, -0.25) is 23.8 Å². The van der Waals surface area contributed by atoms with Crippen LogP contribution in [-0.4, -0.2) is 140 Å². The van der Waals surface area contributed by atoms with Crippen LogP contribution < -0.4 is 39.6 Å². The standard InChI is InChI=1S/C22H23Cl2N5O.C12H16ClN3O.C10H16ClN3.C10H9ClN2O.C5H4ClN3O2.C5H6ClN3.C5H10O.C4H8O.C2H4O3.2ClH.H11P9.Sn/c1-13(2)10-11-27-17-8-9-18(24)25-21(17)26-19(27)12-28-16-5-3-4-15(23)20(16)29(22(28)30)14-6-7-14;1-8(2)5-6-16-9-3-4-10(13)14-12(9)15-11(16)7-17;1-7(2)5-6-13-8-3-4-9(11)14-10(8)12;11-7-2-1-3-8-9(7)13(6-4-5-6)10(14)12-8;6-4-2-1-3(9(10)11)5(7)8-4;6-4-2-1-3(7)5(8)9-4;1-5(2)3-4-6;1-2-4-5-3-1;3-1-2(4)5;;;1-6-9(7(2)3)8(4)5;/h3-5,8-9,13-14H,6-7,10-12H2,1-2H3;3-4,8,17H,5-7H2,1-2H3;3-4,7,13H,5-6H2,1-2H3,(H2,12,14);1-3,6H,4-5H2,(H,12,14);1-2H,(H2,7,8);1-2H,7H2,(H2,8,9);4-5H,3H2,1-2H3;1-4H2;3H,1H2,(H,4,5);2*1H;6H,1-5H2;/q;;;;;;;;;;;;+2/p-2. The number of anilines is 5. The molecule has 48 heteroatoms. The van der Waals surface area contributed by atoms with Crippen LogP contribution in [0.25, 0.3) is 44.4 Å². The summed E-state index contributed by atoms with van der Waals surface area (Å²) < 4.78 is 14.5. The van der Waals surface area contributed by atoms with Gasteiger partial charge in [-0.25, -0.2) is 49.3 Å². The molecule has 2 aliphatic carbocycles. The fourth-order valence-corrected chi connectivity index (χ4v) is 73.2. The number of aliphatic hydroxyl groups is 2. The van der Waals surface area contributed by atoms with Crippen molar-refractivity contribution in [3.8, 4) is 0 Å². The number of carbonyl (C=O) groups excluding carboxylic acids is 1. The first kappa shape index (κ1) is 112. The number of imidazole rings is 4. The molecule has 10 heterocycles. The van der Waals surface area contributed by atoms with Crippen LogP contribution >= 0.6 is 173 Å². The van der Waals surface area contributed by atoms with Crippen LogP contribution in [0, 0.1) is 33.8 Å². The van der Waals surface area contributed by atoms with Crippen molar-refractivity contribution < 1.29 is 34.6 Å². The summed E-state index contributed by atoms with van der Waals surface area (Å²) in [7, 11) is 25.5. The van der Waals surface area contributed by atoms with E-state index in [-0.39, 0.29) is 60.5 Å². The number of benzene rings is 2. The summed E-state index contributed by atoms with van der Waals surface area (Å²) in [5, 5.41) is 40.8. The number of nitrogens with one attached hydrogen (secondary N) is 2. The molecule has 29 nitrogen and oxygen atoms in total. The molecule has 0 bridgehead atoms. The van der Waals surface area contributed by atoms with Crippen LogP contribution in [0.3, 0.4) is 0 Å². The van der Waals surface area contributed by atoms with Crippen molar-refractivity contribution in [2.75, 3.05) is 54.6 Å². The summed E-state index contributed by atoms with van der Waals surface area (Å²) in [6.07, 6.45) is 11.6. The number of carbonyl (C=O) groups is 2. The molecule has 2 radical (unpaired) electrons. The van der Waals surface area contributed by atoms with Gasteiger partial charge in [-0.15, -0.1) is 44.6 Å². The Morgan fingerprint density at radius 2 is 1.08 bits per heavy atom. The molecule has 13 N–H and O–H groups in total. The number of para-hydroxylation sites is 2. The predicted octanol–water partition coefficient (Wildman–Crippen LogP) is 22.0. The number of nitrogen functional groups attached to an aromatic ring is 4. The molecular weight excluding hydrogens is 2040 g/mol. The number of H-pyrrole nitrogens is 1. The zero-order chi connectivity index (χ0) is 91.9. The Hall–Kier alpha value is -3.63. The number of aliphatic carboxylic acids is 1. The van der Waals surface area contributed by atoms with E-state index < -0.39 is 36.4 Å². The summed E-state index contributed by atoms with van der Waals surface area (Å²) in [5.41, 5.74) is 28.9. The molecular formula is C75H107Cl9N19O10P9Sn. The van der Waals surface area contributed by atoms with Gasteiger partial charge in [-0.05, 0) is 181 Å². The van der Waals surface area contributed by atoms with Crippen LogP contribution in [0.15, 0.2) is 107 Å². The summed E-state index contributed by atoms with van der Waals surface area (Å²) in [6.45, 7) is 21.9. The zero-order valence-electron chi connectivity index (χ0n) is 69.0. The van der Waals surface area contributed by atoms with Gasteiger partial charge in [-0.2, -0.15) is 0 Å². The zero-order valence-corrected chi connectivity index (χ0v) is 88.1. The third-order valence-electron chi connectivity index (χ3n) is 17.1. The van der Waals surface area contributed by atoms with E-state index in [4.69, 9.17) is 147 Å². The molecule has 9 aromatic heterocycles. The number of aryl methyl sites for hydroxylation is 2. The molecule has 123 heavy (non-hydrogen) atoms. The SMILES string of the molecule is C1CCOC1.CC(C)CC=O.CC(C)CCNc1ccc(Cl)nc1N.CC(C)CCn1c(CO)nc2nc(Cl)ccc21.CC(C)CCn1c(Cn2c(=O)n(C3CC3)c3c(Cl)cccc32)nc2nc(Cl)ccc21.Nc1ccc(Cl)nc1N.Nc1nc(Cl)ccc1[N+](=O)[O-].O=C(O)CO.O=c1[nH]c2cccc(Cl)c2n1C1CC1.PPP(P(P)P)P(P)P.[Cl][Sn][Cl]. The van der Waals surface area contributed by atoms with Gasteiger partial charge in [0.05, 0.1) is 66.0 Å². The van der Waals surface area contributed by atoms with Gasteiger partial charge in [0.1, 0.15) is 68.6 Å². The normalized spacial score (nSPS) is 12.6. The van der Waals surface area contributed by atoms with E-state index in [2.05, 4.69) is 131 Å². The van der Waals surface area contributed by atoms with Crippen molar-refractivity contribution in [2.24, 2.45) is 23.7 Å². The minimum absolute atomic E-state index is 0.0333. The third-order valence-corrected chi connectivity index (χ3v) is 63.0. The van der Waals surface area contributed by atoms with Crippen molar-refractivity contribution in [1.82, 2.24) is 62.7 Å². The summed E-state index contributed by atoms with van der Waals surface area (Å²) in [6, 6.07) is 28.5. The van der Waals surface area contributed by atoms with E-state index in [1.165, 1.54) is 25.0 Å². The minimum atomic E-state index is -1.19. The number of ether oxygens (including phenoxy) is 1. The second-order valence-corrected chi connectivity index (χ2v) is 66.2. The number of pyridine rings is 5. The Balaban J connectivity index is 0.000000301. The summed E-state index contributed by atoms with van der Waals surface area (Å²) in [5.74, 6) is 3.21. The predicted molar refractivity (Wildman–Crippen MR) is 540 cm³/mol. The Morgan fingerprint density at radius 1 is 0.626 bits per heavy atom. The number of nitro groups is 1. The molecule has 14 rings (SSSR count). The first-order chi connectivity index (χ1) is 58.3. The van der Waals surface area contributed by atoms with Crippen molar-refractivity contribution in [3.63, 3.8) is 0 Å². The van der Waals surface area contributed by atoms with Gasteiger partial charge in [0.25, 0.3) is 0 Å². The Bertz CT molecular complexity index is 5230. The van der Waals surface area contributed by atoms with Crippen molar-refractivity contribution in [1.29, 1.82) is 0 Å². The number of nitrogens with zero attached hydrogens (tertiary/aromatic N) is 13. The van der Waals surface area contributed by atoms with E-state index in [9.17, 15) is 29.6 Å². The molecule has 0 amide bonds. The maximum absolute atomic E-state index is 13.4. The van der Waals surface area contributed by atoms with Crippen molar-refractivity contribution in [2.45, 2.75) is 158 Å². The fourth-order valence-electron chi connectivity index (χ4n) is 10.8. The van der Waals surface area contributed by atoms with E-state index in [1.54, 1.807) is 39.5 Å². The Morgan fingerprint density at radius 3 is 1.49 bits per heavy atom. The molecule has 1 aliphatic heterocycles. The average Bonchev–Trinajstić information content (AvgIpc) is 1.58. The van der Waals surface area contributed by atoms with Gasteiger partial charge in [0.2, 0.25) is 5.82 Å². The topological polar surface area (TPSA) is 428 Å². The number of rotatable bonds is 22. The number of aldehydes is 1. The number of fused-ring (bicyclic) bond motifs is 4. The molecule has 1 saturated heterocycles. The molecule has 6 atom stereocenters. The number of hydrogen-bond donors (Lipinski definition) is 9. The number of nitrogens with two attached hydrogens (primary N) is 4. The van der Waals surface area contributed by atoms with Crippen molar-refractivity contribution >= 4 is 283 Å². The molecule has 2 aromatic carbocycles. The molecule has 0 spiro atoms. The van der Waals surface area contributed by atoms with Crippen LogP contribution in [-0.2, 0) is 40.6 Å². The molecule has 11 aromatic rings. The number of halogens is 9. The third kappa shape index (κ3) is 39.5. The molecule has 3 aliphatic rings. The molecule has 2 saturated carbocycles. The molecule has 6 unspecified atom stereocenters. The first-order valence-corrected chi connectivity index (χ1v) is 63.7. The van der Waals surface area contributed by atoms with E-state index >= 15 is 0 Å². The number of aliphatic hydroxyl groups excluding tert-OH is 2. The van der Waals surface area contributed by atoms with Crippen molar-refractivity contribution in [3.05, 3.63) is 176 Å². The second kappa shape index (κ2) is 58.9. The average molecular weight is 2150 g/mol. The van der Waals surface area contributed by atoms with Crippen LogP contribution in [0.1, 0.15) is 143 Å². The van der Waals surface area contributed by atoms with Gasteiger partial charge in [-0.1, -0.05) is 157 Å². The molecule has 3 fully saturated rings. The number of aromatic nitrogens is 13. The Kier molecular flexibility index (Phi) is 53.5. The van der Waals surface area contributed by atoms with Crippen LogP contribution in [0.2, 0.25) is 35.8 Å². The van der Waals surface area contributed by atoms with Crippen LogP contribution in [0.5, 0.6) is 0 Å². The summed E-state index contributed by atoms with van der Waals surface area (Å²) >= 11 is 40.2. The fraction of sp³-hybridized carbons (Fsp3) is 0.427. The molecule has 674 valence electrons. The van der Waals surface area contributed by atoms with Gasteiger partial charge < -0.3 is 67.2 Å². The maximum atomic E-state index is 13.4. The Labute approximate surface area is 784 Å². The summed E-state index contributed by atoms with van der Waals surface area (Å²) in [4.78, 5) is 84.8. The number of aromatic amines is 1. The second-order valence-electron chi connectivity index (χ2n) is 28.6. The van der Waals surface area contributed by atoms with Crippen LogP contribution in [0.4, 0.5) is 34.5 Å². The van der Waals surface area contributed by atoms with E-state index in [0.29, 0.717) is 109 Å².